The molecule has 7 heteroatoms. The largest absolute Gasteiger partial charge is 0.494 e. The Hall–Kier alpha value is -3.12. The summed E-state index contributed by atoms with van der Waals surface area (Å²) in [6.45, 7) is 1.66. The molecule has 0 spiro atoms. The highest BCUT2D eigenvalue weighted by atomic mass is 35.5. The van der Waals surface area contributed by atoms with Crippen LogP contribution in [0.3, 0.4) is 0 Å². The van der Waals surface area contributed by atoms with Crippen LogP contribution in [0.4, 0.5) is 4.39 Å². The normalized spacial score (nSPS) is 11.1. The van der Waals surface area contributed by atoms with Gasteiger partial charge in [-0.1, -0.05) is 17.7 Å². The Bertz CT molecular complexity index is 1130. The molecule has 0 aliphatic heterocycles. The zero-order valence-corrected chi connectivity index (χ0v) is 15.9. The third-order valence-corrected chi connectivity index (χ3v) is 4.47. The van der Waals surface area contributed by atoms with Crippen LogP contribution < -0.4 is 10.4 Å². The molecular formula is C21H16ClFO5. The molecule has 3 aromatic rings. The fraction of sp³-hybridized carbons (Fsp3) is 0.143. The lowest BCUT2D eigenvalue weighted by Crippen LogP contribution is -2.06. The van der Waals surface area contributed by atoms with E-state index < -0.39 is 17.4 Å². The first-order valence-corrected chi connectivity index (χ1v) is 8.66. The van der Waals surface area contributed by atoms with Gasteiger partial charge in [0.05, 0.1) is 7.11 Å². The molecule has 0 aliphatic carbocycles. The number of esters is 1. The van der Waals surface area contributed by atoms with Crippen molar-refractivity contribution < 1.29 is 23.1 Å². The summed E-state index contributed by atoms with van der Waals surface area (Å²) in [5.41, 5.74) is 1.53. The third kappa shape index (κ3) is 4.40. The third-order valence-electron chi connectivity index (χ3n) is 4.07. The maximum absolute atomic E-state index is 13.7. The molecule has 28 heavy (non-hydrogen) atoms. The van der Waals surface area contributed by atoms with Crippen LogP contribution in [-0.2, 0) is 16.1 Å². The molecule has 1 heterocycles. The summed E-state index contributed by atoms with van der Waals surface area (Å²) in [4.78, 5) is 23.7. The Balaban J connectivity index is 1.75. The highest BCUT2D eigenvalue weighted by molar-refractivity contribution is 6.32. The summed E-state index contributed by atoms with van der Waals surface area (Å²) in [5.74, 6) is -1.06. The van der Waals surface area contributed by atoms with Gasteiger partial charge in [-0.25, -0.2) is 14.0 Å². The second-order valence-electron chi connectivity index (χ2n) is 6.02. The van der Waals surface area contributed by atoms with Crippen molar-refractivity contribution in [3.05, 3.63) is 80.4 Å². The molecule has 0 atom stereocenters. The highest BCUT2D eigenvalue weighted by Crippen LogP contribution is 2.25. The number of rotatable bonds is 5. The van der Waals surface area contributed by atoms with E-state index in [-0.39, 0.29) is 12.4 Å². The fourth-order valence-electron chi connectivity index (χ4n) is 2.62. The SMILES string of the molecule is COc1ccc(/C=C/C(=O)OCc2cc(=O)oc3cc(C)c(Cl)cc23)cc1F. The summed E-state index contributed by atoms with van der Waals surface area (Å²) < 4.78 is 28.9. The standard InChI is InChI=1S/C21H16ClFO5/c1-12-7-19-15(10-16(12)22)14(9-21(25)28-19)11-27-20(24)6-4-13-3-5-18(26-2)17(23)8-13/h3-10H,11H2,1-2H3/b6-4+. The molecule has 0 N–H and O–H groups in total. The number of hydrogen-bond donors (Lipinski definition) is 0. The van der Waals surface area contributed by atoms with Crippen molar-refractivity contribution in [3.8, 4) is 5.75 Å². The molecule has 0 saturated heterocycles. The monoisotopic (exact) mass is 402 g/mol. The van der Waals surface area contributed by atoms with Crippen LogP contribution in [0.1, 0.15) is 16.7 Å². The van der Waals surface area contributed by atoms with Crippen molar-refractivity contribution in [3.63, 3.8) is 0 Å². The van der Waals surface area contributed by atoms with Crippen LogP contribution in [0.15, 0.2) is 51.7 Å². The lowest BCUT2D eigenvalue weighted by atomic mass is 10.1. The molecule has 0 fully saturated rings. The Kier molecular flexibility index (Phi) is 5.80. The second kappa shape index (κ2) is 8.27. The molecule has 1 aromatic heterocycles. The van der Waals surface area contributed by atoms with E-state index in [0.717, 1.165) is 5.56 Å². The summed E-state index contributed by atoms with van der Waals surface area (Å²) >= 11 is 6.14. The summed E-state index contributed by atoms with van der Waals surface area (Å²) in [6, 6.07) is 8.87. The van der Waals surface area contributed by atoms with E-state index in [0.29, 0.717) is 27.1 Å². The molecule has 0 saturated carbocycles. The van der Waals surface area contributed by atoms with Crippen LogP contribution in [0.2, 0.25) is 5.02 Å². The van der Waals surface area contributed by atoms with E-state index in [2.05, 4.69) is 0 Å². The number of fused-ring (bicyclic) bond motifs is 1. The molecule has 5 nitrogen and oxygen atoms in total. The van der Waals surface area contributed by atoms with Gasteiger partial charge in [-0.2, -0.15) is 0 Å². The molecular weight excluding hydrogens is 387 g/mol. The molecule has 3 rings (SSSR count). The number of carbonyl (C=O) groups excluding carboxylic acids is 1. The number of ether oxygens (including phenoxy) is 2. The predicted molar refractivity (Wildman–Crippen MR) is 104 cm³/mol. The number of aryl methyl sites for hydroxylation is 1. The van der Waals surface area contributed by atoms with Gasteiger partial charge in [0, 0.05) is 28.1 Å². The Morgan fingerprint density at radius 1 is 1.25 bits per heavy atom. The smallest absolute Gasteiger partial charge is 0.336 e. The van der Waals surface area contributed by atoms with E-state index in [4.69, 9.17) is 25.5 Å². The van der Waals surface area contributed by atoms with Crippen LogP contribution in [0.25, 0.3) is 17.0 Å². The van der Waals surface area contributed by atoms with Gasteiger partial charge in [0.15, 0.2) is 11.6 Å². The van der Waals surface area contributed by atoms with Gasteiger partial charge < -0.3 is 13.9 Å². The molecule has 0 aliphatic rings. The van der Waals surface area contributed by atoms with Crippen LogP contribution in [0, 0.1) is 12.7 Å². The maximum atomic E-state index is 13.7. The molecule has 144 valence electrons. The van der Waals surface area contributed by atoms with Crippen LogP contribution >= 0.6 is 11.6 Å². The average Bonchev–Trinajstić information content (AvgIpc) is 2.66. The minimum absolute atomic E-state index is 0.114. The van der Waals surface area contributed by atoms with Gasteiger partial charge >= 0.3 is 11.6 Å². The second-order valence-corrected chi connectivity index (χ2v) is 6.43. The maximum Gasteiger partial charge on any atom is 0.336 e. The van der Waals surface area contributed by atoms with Gasteiger partial charge in [-0.3, -0.25) is 0 Å². The van der Waals surface area contributed by atoms with Gasteiger partial charge in [0.25, 0.3) is 0 Å². The first-order chi connectivity index (χ1) is 13.4. The zero-order chi connectivity index (χ0) is 20.3. The van der Waals surface area contributed by atoms with Crippen molar-refractivity contribution in [2.75, 3.05) is 7.11 Å². The summed E-state index contributed by atoms with van der Waals surface area (Å²) in [6.07, 6.45) is 2.59. The van der Waals surface area contributed by atoms with Crippen LogP contribution in [0.5, 0.6) is 5.75 Å². The van der Waals surface area contributed by atoms with E-state index in [9.17, 15) is 14.0 Å². The minimum Gasteiger partial charge on any atom is -0.494 e. The van der Waals surface area contributed by atoms with Crippen molar-refractivity contribution in [2.45, 2.75) is 13.5 Å². The average molecular weight is 403 g/mol. The van der Waals surface area contributed by atoms with Gasteiger partial charge in [-0.05, 0) is 48.4 Å². The van der Waals surface area contributed by atoms with Gasteiger partial charge in [-0.15, -0.1) is 0 Å². The minimum atomic E-state index is -0.643. The quantitative estimate of drug-likeness (QED) is 0.353. The highest BCUT2D eigenvalue weighted by Gasteiger charge is 2.10. The number of benzene rings is 2. The van der Waals surface area contributed by atoms with E-state index in [1.54, 1.807) is 25.1 Å². The van der Waals surface area contributed by atoms with Gasteiger partial charge in [0.1, 0.15) is 12.2 Å². The Labute approximate surface area is 164 Å². The topological polar surface area (TPSA) is 65.7 Å². The number of carbonyl (C=O) groups is 1. The van der Waals surface area contributed by atoms with Crippen LogP contribution in [-0.4, -0.2) is 13.1 Å². The van der Waals surface area contributed by atoms with Gasteiger partial charge in [0.2, 0.25) is 0 Å². The van der Waals surface area contributed by atoms with Crippen molar-refractivity contribution >= 4 is 34.6 Å². The number of halogens is 2. The van der Waals surface area contributed by atoms with Crippen molar-refractivity contribution in [2.24, 2.45) is 0 Å². The lowest BCUT2D eigenvalue weighted by Gasteiger charge is -2.07. The molecule has 0 bridgehead atoms. The Morgan fingerprint density at radius 3 is 2.75 bits per heavy atom. The first kappa shape index (κ1) is 19.6. The van der Waals surface area contributed by atoms with E-state index in [1.165, 1.54) is 37.5 Å². The van der Waals surface area contributed by atoms with E-state index >= 15 is 0 Å². The first-order valence-electron chi connectivity index (χ1n) is 8.28. The number of hydrogen-bond acceptors (Lipinski definition) is 5. The van der Waals surface area contributed by atoms with Crippen molar-refractivity contribution in [1.29, 1.82) is 0 Å². The predicted octanol–water partition coefficient (Wildman–Crippen LogP) is 4.66. The molecule has 0 amide bonds. The Morgan fingerprint density at radius 2 is 2.04 bits per heavy atom. The molecule has 0 radical (unpaired) electrons. The van der Waals surface area contributed by atoms with E-state index in [1.807, 2.05) is 0 Å². The summed E-state index contributed by atoms with van der Waals surface area (Å²) in [5, 5.41) is 1.10. The zero-order valence-electron chi connectivity index (χ0n) is 15.1. The molecule has 2 aromatic carbocycles. The number of methoxy groups -OCH3 is 1. The molecule has 0 unspecified atom stereocenters. The summed E-state index contributed by atoms with van der Waals surface area (Å²) in [7, 11) is 1.37. The fourth-order valence-corrected chi connectivity index (χ4v) is 2.78. The lowest BCUT2D eigenvalue weighted by molar-refractivity contribution is -0.138. The van der Waals surface area contributed by atoms with Crippen molar-refractivity contribution in [1.82, 2.24) is 0 Å².